The fourth-order valence-corrected chi connectivity index (χ4v) is 2.39. The van der Waals surface area contributed by atoms with Crippen LogP contribution in [0.25, 0.3) is 0 Å². The molecule has 0 aliphatic rings. The maximum absolute atomic E-state index is 12.5. The maximum Gasteiger partial charge on any atom is 0.323 e. The monoisotopic (exact) mass is 363 g/mol. The Balaban J connectivity index is 2.10. The highest BCUT2D eigenvalue weighted by Gasteiger charge is 2.19. The predicted octanol–water partition coefficient (Wildman–Crippen LogP) is 1.44. The van der Waals surface area contributed by atoms with Crippen LogP contribution < -0.4 is 9.47 Å². The Morgan fingerprint density at radius 3 is 2.35 bits per heavy atom. The van der Waals surface area contributed by atoms with Crippen molar-refractivity contribution in [1.82, 2.24) is 15.0 Å². The molecule has 0 unspecified atom stereocenters. The SMILES string of the molecule is COc1cc(CN(CC(=O)O)C(=O)CCc2nc(C)no2)cc(OC)c1. The van der Waals surface area contributed by atoms with Crippen LogP contribution >= 0.6 is 0 Å². The summed E-state index contributed by atoms with van der Waals surface area (Å²) in [5, 5.41) is 12.8. The van der Waals surface area contributed by atoms with Crippen molar-refractivity contribution < 1.29 is 28.7 Å². The molecule has 9 nitrogen and oxygen atoms in total. The molecular weight excluding hydrogens is 342 g/mol. The Kier molecular flexibility index (Phi) is 6.54. The number of benzene rings is 1. The number of carboxylic acid groups (broad SMARTS) is 1. The van der Waals surface area contributed by atoms with Crippen molar-refractivity contribution in [1.29, 1.82) is 0 Å². The van der Waals surface area contributed by atoms with Crippen LogP contribution in [0.15, 0.2) is 22.7 Å². The molecule has 2 rings (SSSR count). The topological polar surface area (TPSA) is 115 Å². The number of hydrogen-bond acceptors (Lipinski definition) is 7. The van der Waals surface area contributed by atoms with E-state index < -0.39 is 12.5 Å². The van der Waals surface area contributed by atoms with E-state index in [-0.39, 0.29) is 25.3 Å². The number of ether oxygens (including phenoxy) is 2. The van der Waals surface area contributed by atoms with Gasteiger partial charge in [-0.05, 0) is 24.6 Å². The molecule has 0 radical (unpaired) electrons. The summed E-state index contributed by atoms with van der Waals surface area (Å²) in [5.41, 5.74) is 0.699. The van der Waals surface area contributed by atoms with E-state index >= 15 is 0 Å². The van der Waals surface area contributed by atoms with Gasteiger partial charge in [0.05, 0.1) is 14.2 Å². The molecule has 140 valence electrons. The zero-order chi connectivity index (χ0) is 19.1. The standard InChI is InChI=1S/C17H21N3O6/c1-11-18-15(26-19-11)4-5-16(21)20(10-17(22)23)9-12-6-13(24-2)8-14(7-12)25-3/h6-8H,4-5,9-10H2,1-3H3,(H,22,23). The average Bonchev–Trinajstić information content (AvgIpc) is 3.03. The lowest BCUT2D eigenvalue weighted by Crippen LogP contribution is -2.35. The third-order valence-corrected chi connectivity index (χ3v) is 3.59. The minimum absolute atomic E-state index is 0.0655. The van der Waals surface area contributed by atoms with Gasteiger partial charge in [0.15, 0.2) is 5.82 Å². The first-order valence-electron chi connectivity index (χ1n) is 7.92. The zero-order valence-electron chi connectivity index (χ0n) is 14.9. The number of aliphatic carboxylic acids is 1. The number of amides is 1. The highest BCUT2D eigenvalue weighted by Crippen LogP contribution is 2.23. The molecule has 1 aromatic heterocycles. The number of carbonyl (C=O) groups is 2. The Hall–Kier alpha value is -3.10. The molecule has 1 aromatic carbocycles. The molecule has 0 fully saturated rings. The van der Waals surface area contributed by atoms with Gasteiger partial charge >= 0.3 is 5.97 Å². The van der Waals surface area contributed by atoms with Gasteiger partial charge in [-0.1, -0.05) is 5.16 Å². The quantitative estimate of drug-likeness (QED) is 0.712. The second-order valence-electron chi connectivity index (χ2n) is 5.60. The summed E-state index contributed by atoms with van der Waals surface area (Å²) in [4.78, 5) is 28.9. The number of nitrogens with zero attached hydrogens (tertiary/aromatic N) is 3. The van der Waals surface area contributed by atoms with Gasteiger partial charge in [0.1, 0.15) is 18.0 Å². The normalized spacial score (nSPS) is 10.4. The maximum atomic E-state index is 12.5. The first-order valence-corrected chi connectivity index (χ1v) is 7.92. The fraction of sp³-hybridized carbons (Fsp3) is 0.412. The first-order chi connectivity index (χ1) is 12.4. The molecule has 0 atom stereocenters. The molecule has 9 heteroatoms. The minimum atomic E-state index is -1.10. The number of methoxy groups -OCH3 is 2. The molecule has 0 bridgehead atoms. The number of hydrogen-bond donors (Lipinski definition) is 1. The summed E-state index contributed by atoms with van der Waals surface area (Å²) >= 11 is 0. The lowest BCUT2D eigenvalue weighted by Gasteiger charge is -2.21. The Morgan fingerprint density at radius 1 is 1.19 bits per heavy atom. The molecule has 2 aromatic rings. The second kappa shape index (κ2) is 8.84. The van der Waals surface area contributed by atoms with E-state index in [1.165, 1.54) is 19.1 Å². The third kappa shape index (κ3) is 5.47. The van der Waals surface area contributed by atoms with Crippen molar-refractivity contribution >= 4 is 11.9 Å². The highest BCUT2D eigenvalue weighted by molar-refractivity contribution is 5.81. The largest absolute Gasteiger partial charge is 0.497 e. The molecule has 0 spiro atoms. The van der Waals surface area contributed by atoms with Gasteiger partial charge in [-0.15, -0.1) is 0 Å². The lowest BCUT2D eigenvalue weighted by atomic mass is 10.1. The van der Waals surface area contributed by atoms with Crippen molar-refractivity contribution in [2.24, 2.45) is 0 Å². The van der Waals surface area contributed by atoms with Crippen LogP contribution in [-0.2, 0) is 22.6 Å². The number of aryl methyl sites for hydroxylation is 2. The molecule has 0 aliphatic heterocycles. The van der Waals surface area contributed by atoms with E-state index in [0.29, 0.717) is 28.8 Å². The van der Waals surface area contributed by atoms with E-state index in [1.54, 1.807) is 25.1 Å². The van der Waals surface area contributed by atoms with Gasteiger partial charge in [0.25, 0.3) is 0 Å². The van der Waals surface area contributed by atoms with Crippen molar-refractivity contribution in [3.05, 3.63) is 35.5 Å². The van der Waals surface area contributed by atoms with E-state index in [0.717, 1.165) is 0 Å². The Labute approximate surface area is 150 Å². The summed E-state index contributed by atoms with van der Waals surface area (Å²) in [5.74, 6) is 0.520. The lowest BCUT2D eigenvalue weighted by molar-refractivity contribution is -0.144. The first kappa shape index (κ1) is 19.2. The molecular formula is C17H21N3O6. The Morgan fingerprint density at radius 2 is 1.85 bits per heavy atom. The van der Waals surface area contributed by atoms with Gasteiger partial charge < -0.3 is 24.0 Å². The average molecular weight is 363 g/mol. The van der Waals surface area contributed by atoms with Crippen LogP contribution in [-0.4, -0.2) is 52.8 Å². The van der Waals surface area contributed by atoms with Crippen LogP contribution in [0.1, 0.15) is 23.7 Å². The van der Waals surface area contributed by atoms with Gasteiger partial charge in [0, 0.05) is 25.5 Å². The number of aromatic nitrogens is 2. The van der Waals surface area contributed by atoms with Crippen molar-refractivity contribution in [2.45, 2.75) is 26.3 Å². The summed E-state index contributed by atoms with van der Waals surface area (Å²) in [7, 11) is 3.04. The summed E-state index contributed by atoms with van der Waals surface area (Å²) in [6.07, 6.45) is 0.313. The molecule has 1 heterocycles. The van der Waals surface area contributed by atoms with Crippen molar-refractivity contribution in [3.8, 4) is 11.5 Å². The minimum Gasteiger partial charge on any atom is -0.497 e. The van der Waals surface area contributed by atoms with E-state index in [9.17, 15) is 9.59 Å². The number of rotatable bonds is 9. The van der Waals surface area contributed by atoms with Gasteiger partial charge in [-0.2, -0.15) is 4.98 Å². The van der Waals surface area contributed by atoms with Gasteiger partial charge in [0.2, 0.25) is 11.8 Å². The van der Waals surface area contributed by atoms with E-state index in [1.807, 2.05) is 0 Å². The van der Waals surface area contributed by atoms with Crippen LogP contribution in [0, 0.1) is 6.92 Å². The summed E-state index contributed by atoms with van der Waals surface area (Å²) < 4.78 is 15.4. The molecule has 0 saturated heterocycles. The summed E-state index contributed by atoms with van der Waals surface area (Å²) in [6.45, 7) is 1.38. The molecule has 0 saturated carbocycles. The fourth-order valence-electron chi connectivity index (χ4n) is 2.39. The van der Waals surface area contributed by atoms with Gasteiger partial charge in [-0.3, -0.25) is 9.59 Å². The number of carboxylic acids is 1. The number of carbonyl (C=O) groups excluding carboxylic acids is 1. The molecule has 26 heavy (non-hydrogen) atoms. The van der Waals surface area contributed by atoms with Crippen LogP contribution in [0.4, 0.5) is 0 Å². The smallest absolute Gasteiger partial charge is 0.323 e. The third-order valence-electron chi connectivity index (χ3n) is 3.59. The second-order valence-corrected chi connectivity index (χ2v) is 5.60. The van der Waals surface area contributed by atoms with E-state index in [2.05, 4.69) is 10.1 Å². The van der Waals surface area contributed by atoms with Gasteiger partial charge in [-0.25, -0.2) is 0 Å². The van der Waals surface area contributed by atoms with Crippen LogP contribution in [0.3, 0.4) is 0 Å². The molecule has 1 N–H and O–H groups in total. The van der Waals surface area contributed by atoms with Crippen LogP contribution in [0.2, 0.25) is 0 Å². The zero-order valence-corrected chi connectivity index (χ0v) is 14.9. The van der Waals surface area contributed by atoms with Crippen molar-refractivity contribution in [3.63, 3.8) is 0 Å². The molecule has 0 aliphatic carbocycles. The Bertz CT molecular complexity index is 751. The van der Waals surface area contributed by atoms with E-state index in [4.69, 9.17) is 19.1 Å². The van der Waals surface area contributed by atoms with Crippen molar-refractivity contribution in [2.75, 3.05) is 20.8 Å². The van der Waals surface area contributed by atoms with Crippen LogP contribution in [0.5, 0.6) is 11.5 Å². The summed E-state index contributed by atoms with van der Waals surface area (Å²) in [6, 6.07) is 5.16. The molecule has 1 amide bonds. The highest BCUT2D eigenvalue weighted by atomic mass is 16.5. The predicted molar refractivity (Wildman–Crippen MR) is 90.0 cm³/mol.